The molecule has 1 atom stereocenters. The number of amides is 1. The molecule has 0 aliphatic rings. The molecule has 0 heterocycles. The van der Waals surface area contributed by atoms with Crippen molar-refractivity contribution in [2.24, 2.45) is 0 Å². The van der Waals surface area contributed by atoms with Gasteiger partial charge in [0.25, 0.3) is 0 Å². The van der Waals surface area contributed by atoms with Crippen LogP contribution in [0.1, 0.15) is 23.6 Å². The molecule has 0 saturated carbocycles. The van der Waals surface area contributed by atoms with E-state index in [4.69, 9.17) is 16.3 Å². The SMILES string of the molecule is COc1ccc(C(NC(=O)CCS(=O)(=O)c2ccc(Cl)cc2)c2ccccc2)cc1. The van der Waals surface area contributed by atoms with Gasteiger partial charge >= 0.3 is 0 Å². The second kappa shape index (κ2) is 9.78. The number of nitrogens with one attached hydrogen (secondary N) is 1. The Bertz CT molecular complexity index is 1080. The Labute approximate surface area is 181 Å². The maximum Gasteiger partial charge on any atom is 0.221 e. The van der Waals surface area contributed by atoms with Crippen molar-refractivity contribution in [1.82, 2.24) is 5.32 Å². The summed E-state index contributed by atoms with van der Waals surface area (Å²) >= 11 is 5.82. The van der Waals surface area contributed by atoms with Crippen LogP contribution < -0.4 is 10.1 Å². The molecule has 3 aromatic rings. The van der Waals surface area contributed by atoms with Crippen LogP contribution in [0.3, 0.4) is 0 Å². The van der Waals surface area contributed by atoms with Gasteiger partial charge in [0.1, 0.15) is 5.75 Å². The zero-order valence-corrected chi connectivity index (χ0v) is 18.0. The normalized spacial score (nSPS) is 12.2. The van der Waals surface area contributed by atoms with Crippen LogP contribution in [-0.4, -0.2) is 27.2 Å². The van der Waals surface area contributed by atoms with Crippen molar-refractivity contribution in [3.05, 3.63) is 95.0 Å². The number of carbonyl (C=O) groups is 1. The van der Waals surface area contributed by atoms with Crippen LogP contribution in [0.15, 0.2) is 83.8 Å². The largest absolute Gasteiger partial charge is 0.497 e. The number of carbonyl (C=O) groups excluding carboxylic acids is 1. The lowest BCUT2D eigenvalue weighted by atomic mass is 9.98. The first-order valence-electron chi connectivity index (χ1n) is 9.35. The Balaban J connectivity index is 1.74. The summed E-state index contributed by atoms with van der Waals surface area (Å²) in [5.74, 6) is 0.0769. The summed E-state index contributed by atoms with van der Waals surface area (Å²) in [6.07, 6.45) is -0.148. The fourth-order valence-corrected chi connectivity index (χ4v) is 4.39. The number of hydrogen-bond donors (Lipinski definition) is 1. The standard InChI is InChI=1S/C23H22ClNO4S/c1-29-20-11-7-18(8-12-20)23(17-5-3-2-4-6-17)25-22(26)15-16-30(27,28)21-13-9-19(24)10-14-21/h2-14,23H,15-16H2,1H3,(H,25,26). The van der Waals surface area contributed by atoms with Gasteiger partial charge in [0.2, 0.25) is 5.91 Å². The number of benzene rings is 3. The van der Waals surface area contributed by atoms with E-state index in [1.807, 2.05) is 54.6 Å². The molecular weight excluding hydrogens is 422 g/mol. The molecule has 156 valence electrons. The second-order valence-electron chi connectivity index (χ2n) is 6.71. The molecule has 0 aromatic heterocycles. The lowest BCUT2D eigenvalue weighted by Gasteiger charge is -2.20. The summed E-state index contributed by atoms with van der Waals surface area (Å²) in [5.41, 5.74) is 1.77. The number of rotatable bonds is 8. The maximum atomic E-state index is 12.6. The van der Waals surface area contributed by atoms with Crippen molar-refractivity contribution in [2.75, 3.05) is 12.9 Å². The number of methoxy groups -OCH3 is 1. The van der Waals surface area contributed by atoms with Gasteiger partial charge in [0.15, 0.2) is 9.84 Å². The summed E-state index contributed by atoms with van der Waals surface area (Å²) in [7, 11) is -1.99. The minimum Gasteiger partial charge on any atom is -0.497 e. The summed E-state index contributed by atoms with van der Waals surface area (Å²) in [4.78, 5) is 12.8. The highest BCUT2D eigenvalue weighted by Gasteiger charge is 2.20. The fourth-order valence-electron chi connectivity index (χ4n) is 3.02. The summed E-state index contributed by atoms with van der Waals surface area (Å²) in [6, 6.07) is 22.4. The van der Waals surface area contributed by atoms with Crippen LogP contribution in [0.5, 0.6) is 5.75 Å². The third kappa shape index (κ3) is 5.62. The summed E-state index contributed by atoms with van der Waals surface area (Å²) < 4.78 is 30.2. The Kier molecular flexibility index (Phi) is 7.13. The molecule has 0 spiro atoms. The molecule has 0 aliphatic carbocycles. The molecule has 3 aromatic carbocycles. The Morgan fingerprint density at radius 2 is 1.53 bits per heavy atom. The maximum absolute atomic E-state index is 12.6. The van der Waals surface area contributed by atoms with Crippen LogP contribution in [0.2, 0.25) is 5.02 Å². The lowest BCUT2D eigenvalue weighted by molar-refractivity contribution is -0.121. The molecule has 30 heavy (non-hydrogen) atoms. The molecule has 0 radical (unpaired) electrons. The number of hydrogen-bond acceptors (Lipinski definition) is 4. The average Bonchev–Trinajstić information content (AvgIpc) is 2.77. The van der Waals surface area contributed by atoms with Gasteiger partial charge in [0, 0.05) is 11.4 Å². The van der Waals surface area contributed by atoms with Gasteiger partial charge in [0.05, 0.1) is 23.8 Å². The quantitative estimate of drug-likeness (QED) is 0.559. The molecule has 5 nitrogen and oxygen atoms in total. The molecule has 3 rings (SSSR count). The van der Waals surface area contributed by atoms with Crippen LogP contribution in [0, 0.1) is 0 Å². The number of halogens is 1. The van der Waals surface area contributed by atoms with E-state index >= 15 is 0 Å². The van der Waals surface area contributed by atoms with Gasteiger partial charge in [-0.3, -0.25) is 4.79 Å². The van der Waals surface area contributed by atoms with Crippen molar-refractivity contribution in [2.45, 2.75) is 17.4 Å². The highest BCUT2D eigenvalue weighted by molar-refractivity contribution is 7.91. The van der Waals surface area contributed by atoms with E-state index in [0.29, 0.717) is 10.8 Å². The highest BCUT2D eigenvalue weighted by Crippen LogP contribution is 2.24. The topological polar surface area (TPSA) is 72.5 Å². The van der Waals surface area contributed by atoms with Crippen LogP contribution >= 0.6 is 11.6 Å². The Hall–Kier alpha value is -2.83. The van der Waals surface area contributed by atoms with Gasteiger partial charge in [-0.15, -0.1) is 0 Å². The van der Waals surface area contributed by atoms with E-state index in [2.05, 4.69) is 5.32 Å². The van der Waals surface area contributed by atoms with E-state index in [9.17, 15) is 13.2 Å². The zero-order chi connectivity index (χ0) is 21.6. The molecular formula is C23H22ClNO4S. The van der Waals surface area contributed by atoms with Gasteiger partial charge < -0.3 is 10.1 Å². The predicted octanol–water partition coefficient (Wildman–Crippen LogP) is 4.42. The Morgan fingerprint density at radius 3 is 2.13 bits per heavy atom. The fraction of sp³-hybridized carbons (Fsp3) is 0.174. The first kappa shape index (κ1) is 21.9. The van der Waals surface area contributed by atoms with Gasteiger partial charge in [-0.2, -0.15) is 0 Å². The van der Waals surface area contributed by atoms with Crippen molar-refractivity contribution in [3.8, 4) is 5.75 Å². The third-order valence-electron chi connectivity index (χ3n) is 4.66. The summed E-state index contributed by atoms with van der Waals surface area (Å²) in [5, 5.41) is 3.41. The zero-order valence-electron chi connectivity index (χ0n) is 16.4. The monoisotopic (exact) mass is 443 g/mol. The summed E-state index contributed by atoms with van der Waals surface area (Å²) in [6.45, 7) is 0. The van der Waals surface area contributed by atoms with Gasteiger partial charge in [-0.25, -0.2) is 8.42 Å². The molecule has 1 amide bonds. The molecule has 0 aliphatic heterocycles. The van der Waals surface area contributed by atoms with Crippen molar-refractivity contribution >= 4 is 27.3 Å². The first-order valence-corrected chi connectivity index (χ1v) is 11.4. The minimum absolute atomic E-state index is 0.148. The van der Waals surface area contributed by atoms with Gasteiger partial charge in [-0.1, -0.05) is 54.1 Å². The number of ether oxygens (including phenoxy) is 1. The minimum atomic E-state index is -3.58. The second-order valence-corrected chi connectivity index (χ2v) is 9.25. The molecule has 1 N–H and O–H groups in total. The lowest BCUT2D eigenvalue weighted by Crippen LogP contribution is -2.30. The Morgan fingerprint density at radius 1 is 0.933 bits per heavy atom. The van der Waals surface area contributed by atoms with E-state index in [0.717, 1.165) is 11.1 Å². The van der Waals surface area contributed by atoms with Crippen molar-refractivity contribution in [1.29, 1.82) is 0 Å². The van der Waals surface area contributed by atoms with Crippen LogP contribution in [0.25, 0.3) is 0 Å². The predicted molar refractivity (Wildman–Crippen MR) is 118 cm³/mol. The number of sulfone groups is 1. The average molecular weight is 444 g/mol. The first-order chi connectivity index (χ1) is 14.4. The third-order valence-corrected chi connectivity index (χ3v) is 6.64. The van der Waals surface area contributed by atoms with Crippen molar-refractivity contribution in [3.63, 3.8) is 0 Å². The van der Waals surface area contributed by atoms with E-state index < -0.39 is 15.9 Å². The van der Waals surface area contributed by atoms with E-state index in [-0.39, 0.29) is 23.0 Å². The van der Waals surface area contributed by atoms with Gasteiger partial charge in [-0.05, 0) is 47.5 Å². The highest BCUT2D eigenvalue weighted by atomic mass is 35.5. The van der Waals surface area contributed by atoms with Crippen LogP contribution in [-0.2, 0) is 14.6 Å². The van der Waals surface area contributed by atoms with Crippen LogP contribution in [0.4, 0.5) is 0 Å². The molecule has 0 saturated heterocycles. The van der Waals surface area contributed by atoms with Crippen molar-refractivity contribution < 1.29 is 17.9 Å². The smallest absolute Gasteiger partial charge is 0.221 e. The molecule has 1 unspecified atom stereocenters. The molecule has 0 fully saturated rings. The van der Waals surface area contributed by atoms with E-state index in [1.54, 1.807) is 7.11 Å². The molecule has 0 bridgehead atoms. The van der Waals surface area contributed by atoms with E-state index in [1.165, 1.54) is 24.3 Å². The molecule has 7 heteroatoms.